The molecule has 102 valence electrons. The Bertz CT molecular complexity index is 302. The minimum Gasteiger partial charge on any atom is -0.378 e. The Morgan fingerprint density at radius 1 is 1.50 bits per heavy atom. The molecule has 1 aliphatic carbocycles. The number of carbonyl (C=O) groups excluding carboxylic acids is 1. The molecule has 1 saturated heterocycles. The first-order valence-corrected chi connectivity index (χ1v) is 6.98. The Hall–Kier alpha value is -1.03. The van der Waals surface area contributed by atoms with E-state index in [0.717, 1.165) is 31.8 Å². The molecule has 0 spiro atoms. The molecule has 2 N–H and O–H groups in total. The molecule has 4 nitrogen and oxygen atoms in total. The highest BCUT2D eigenvalue weighted by atomic mass is 16.5. The van der Waals surface area contributed by atoms with Gasteiger partial charge in [0.2, 0.25) is 0 Å². The molecule has 2 rings (SSSR count). The summed E-state index contributed by atoms with van der Waals surface area (Å²) in [6.45, 7) is 6.43. The van der Waals surface area contributed by atoms with Gasteiger partial charge >= 0.3 is 6.03 Å². The van der Waals surface area contributed by atoms with Gasteiger partial charge in [0, 0.05) is 18.7 Å². The van der Waals surface area contributed by atoms with Gasteiger partial charge in [0.05, 0.1) is 6.10 Å². The maximum Gasteiger partial charge on any atom is 0.315 e. The molecular formula is C14H24N2O2. The zero-order valence-electron chi connectivity index (χ0n) is 11.2. The molecule has 1 aliphatic heterocycles. The molecule has 0 bridgehead atoms. The van der Waals surface area contributed by atoms with Crippen molar-refractivity contribution in [3.8, 4) is 0 Å². The topological polar surface area (TPSA) is 50.4 Å². The molecule has 2 fully saturated rings. The van der Waals surface area contributed by atoms with Crippen LogP contribution in [0.4, 0.5) is 4.79 Å². The van der Waals surface area contributed by atoms with Crippen LogP contribution in [0.2, 0.25) is 0 Å². The number of nitrogens with one attached hydrogen (secondary N) is 2. The van der Waals surface area contributed by atoms with Crippen LogP contribution >= 0.6 is 0 Å². The summed E-state index contributed by atoms with van der Waals surface area (Å²) in [6, 6.07) is 0.340. The SMILES string of the molecule is C=CC[C@H](C)NC(=O)N[C@@H]1CCO[C@@H](C2CC2)C1. The number of ether oxygens (including phenoxy) is 1. The van der Waals surface area contributed by atoms with Gasteiger partial charge in [-0.05, 0) is 44.9 Å². The van der Waals surface area contributed by atoms with Gasteiger partial charge < -0.3 is 15.4 Å². The van der Waals surface area contributed by atoms with Crippen molar-refractivity contribution >= 4 is 6.03 Å². The van der Waals surface area contributed by atoms with Crippen LogP contribution in [-0.4, -0.2) is 30.8 Å². The largest absolute Gasteiger partial charge is 0.378 e. The fourth-order valence-electron chi connectivity index (χ4n) is 2.52. The molecule has 3 atom stereocenters. The molecule has 0 radical (unpaired) electrons. The maximum atomic E-state index is 11.8. The van der Waals surface area contributed by atoms with Crippen LogP contribution in [0.15, 0.2) is 12.7 Å². The summed E-state index contributed by atoms with van der Waals surface area (Å²) in [4.78, 5) is 11.8. The molecular weight excluding hydrogens is 228 g/mol. The van der Waals surface area contributed by atoms with Crippen molar-refractivity contribution in [1.29, 1.82) is 0 Å². The van der Waals surface area contributed by atoms with Crippen molar-refractivity contribution in [2.75, 3.05) is 6.61 Å². The fourth-order valence-corrected chi connectivity index (χ4v) is 2.52. The Morgan fingerprint density at radius 2 is 2.28 bits per heavy atom. The summed E-state index contributed by atoms with van der Waals surface area (Å²) in [5, 5.41) is 5.98. The second-order valence-electron chi connectivity index (χ2n) is 5.51. The van der Waals surface area contributed by atoms with Crippen molar-refractivity contribution in [3.63, 3.8) is 0 Å². The summed E-state index contributed by atoms with van der Waals surface area (Å²) in [5.41, 5.74) is 0. The molecule has 1 saturated carbocycles. The van der Waals surface area contributed by atoms with Crippen molar-refractivity contribution in [2.24, 2.45) is 5.92 Å². The van der Waals surface area contributed by atoms with E-state index in [4.69, 9.17) is 4.74 Å². The van der Waals surface area contributed by atoms with Crippen LogP contribution in [0.3, 0.4) is 0 Å². The molecule has 0 aromatic carbocycles. The van der Waals surface area contributed by atoms with E-state index in [-0.39, 0.29) is 18.1 Å². The smallest absolute Gasteiger partial charge is 0.315 e. The minimum atomic E-state index is -0.0641. The van der Waals surface area contributed by atoms with Gasteiger partial charge in [0.1, 0.15) is 0 Å². The van der Waals surface area contributed by atoms with Crippen molar-refractivity contribution in [1.82, 2.24) is 10.6 Å². The third kappa shape index (κ3) is 4.02. The number of rotatable bonds is 5. The van der Waals surface area contributed by atoms with E-state index >= 15 is 0 Å². The lowest BCUT2D eigenvalue weighted by molar-refractivity contribution is -0.00917. The van der Waals surface area contributed by atoms with E-state index in [0.29, 0.717) is 6.10 Å². The van der Waals surface area contributed by atoms with Crippen LogP contribution in [0.25, 0.3) is 0 Å². The molecule has 18 heavy (non-hydrogen) atoms. The molecule has 0 aromatic heterocycles. The molecule has 2 amide bonds. The van der Waals surface area contributed by atoms with Crippen LogP contribution in [0, 0.1) is 5.92 Å². The highest BCUT2D eigenvalue weighted by Crippen LogP contribution is 2.38. The lowest BCUT2D eigenvalue weighted by atomic mass is 10.0. The van der Waals surface area contributed by atoms with Crippen LogP contribution in [0.1, 0.15) is 39.0 Å². The van der Waals surface area contributed by atoms with Gasteiger partial charge in [-0.1, -0.05) is 6.08 Å². The lowest BCUT2D eigenvalue weighted by Crippen LogP contribution is -2.48. The number of amides is 2. The van der Waals surface area contributed by atoms with E-state index in [1.807, 2.05) is 13.0 Å². The molecule has 2 aliphatic rings. The van der Waals surface area contributed by atoms with E-state index in [1.54, 1.807) is 0 Å². The maximum absolute atomic E-state index is 11.8. The molecule has 1 heterocycles. The van der Waals surface area contributed by atoms with Crippen molar-refractivity contribution in [2.45, 2.75) is 57.2 Å². The summed E-state index contributed by atoms with van der Waals surface area (Å²) in [5.74, 6) is 0.748. The quantitative estimate of drug-likeness (QED) is 0.737. The number of hydrogen-bond acceptors (Lipinski definition) is 2. The second-order valence-corrected chi connectivity index (χ2v) is 5.51. The normalized spacial score (nSPS) is 29.4. The van der Waals surface area contributed by atoms with E-state index in [9.17, 15) is 4.79 Å². The Morgan fingerprint density at radius 3 is 2.94 bits per heavy atom. The summed E-state index contributed by atoms with van der Waals surface area (Å²) in [6.07, 6.45) is 7.46. The highest BCUT2D eigenvalue weighted by molar-refractivity contribution is 5.74. The van der Waals surface area contributed by atoms with E-state index in [2.05, 4.69) is 17.2 Å². The van der Waals surface area contributed by atoms with Crippen molar-refractivity contribution in [3.05, 3.63) is 12.7 Å². The zero-order valence-corrected chi connectivity index (χ0v) is 11.2. The first kappa shape index (κ1) is 13.4. The van der Waals surface area contributed by atoms with Crippen molar-refractivity contribution < 1.29 is 9.53 Å². The standard InChI is InChI=1S/C14H24N2O2/c1-3-4-10(2)15-14(17)16-12-7-8-18-13(9-12)11-5-6-11/h3,10-13H,1,4-9H2,2H3,(H2,15,16,17)/t10-,12+,13+/m0/s1. The fraction of sp³-hybridized carbons (Fsp3) is 0.786. The average Bonchev–Trinajstić information content (AvgIpc) is 3.13. The van der Waals surface area contributed by atoms with Gasteiger partial charge in [0.25, 0.3) is 0 Å². The third-order valence-electron chi connectivity index (χ3n) is 3.70. The first-order chi connectivity index (χ1) is 8.69. The number of urea groups is 1. The number of carbonyl (C=O) groups is 1. The van der Waals surface area contributed by atoms with E-state index < -0.39 is 0 Å². The predicted molar refractivity (Wildman–Crippen MR) is 71.4 cm³/mol. The van der Waals surface area contributed by atoms with Gasteiger partial charge in [-0.15, -0.1) is 6.58 Å². The summed E-state index contributed by atoms with van der Waals surface area (Å²) < 4.78 is 5.75. The Kier molecular flexibility index (Phi) is 4.64. The van der Waals surface area contributed by atoms with Crippen LogP contribution in [0.5, 0.6) is 0 Å². The third-order valence-corrected chi connectivity index (χ3v) is 3.70. The minimum absolute atomic E-state index is 0.0641. The second kappa shape index (κ2) is 6.23. The summed E-state index contributed by atoms with van der Waals surface area (Å²) >= 11 is 0. The van der Waals surface area contributed by atoms with Gasteiger partial charge in [0.15, 0.2) is 0 Å². The Labute approximate surface area is 109 Å². The highest BCUT2D eigenvalue weighted by Gasteiger charge is 2.36. The Balaban J connectivity index is 1.70. The predicted octanol–water partition coefficient (Wildman–Crippen LogP) is 2.21. The number of hydrogen-bond donors (Lipinski definition) is 2. The molecule has 4 heteroatoms. The van der Waals surface area contributed by atoms with Gasteiger partial charge in [-0.3, -0.25) is 0 Å². The van der Waals surface area contributed by atoms with Gasteiger partial charge in [-0.2, -0.15) is 0 Å². The first-order valence-electron chi connectivity index (χ1n) is 6.98. The average molecular weight is 252 g/mol. The monoisotopic (exact) mass is 252 g/mol. The van der Waals surface area contributed by atoms with Gasteiger partial charge in [-0.25, -0.2) is 4.79 Å². The summed E-state index contributed by atoms with van der Waals surface area (Å²) in [7, 11) is 0. The van der Waals surface area contributed by atoms with Crippen LogP contribution < -0.4 is 10.6 Å². The molecule has 0 unspecified atom stereocenters. The molecule has 0 aromatic rings. The van der Waals surface area contributed by atoms with Crippen LogP contribution in [-0.2, 0) is 4.74 Å². The van der Waals surface area contributed by atoms with E-state index in [1.165, 1.54) is 12.8 Å². The lowest BCUT2D eigenvalue weighted by Gasteiger charge is -2.30. The zero-order chi connectivity index (χ0) is 13.0.